The zero-order chi connectivity index (χ0) is 19.4. The monoisotopic (exact) mass is 392 g/mol. The Bertz CT molecular complexity index is 923. The van der Waals surface area contributed by atoms with Gasteiger partial charge in [-0.1, -0.05) is 6.07 Å². The van der Waals surface area contributed by atoms with Crippen LogP contribution in [-0.4, -0.2) is 33.6 Å². The summed E-state index contributed by atoms with van der Waals surface area (Å²) in [4.78, 5) is 12.4. The summed E-state index contributed by atoms with van der Waals surface area (Å²) in [7, 11) is -3.67. The van der Waals surface area contributed by atoms with Crippen LogP contribution in [0.1, 0.15) is 28.8 Å². The second kappa shape index (κ2) is 8.16. The molecule has 0 aromatic heterocycles. The molecule has 27 heavy (non-hydrogen) atoms. The summed E-state index contributed by atoms with van der Waals surface area (Å²) in [6, 6.07) is 9.70. The molecule has 2 aromatic carbocycles. The Labute approximate surface area is 157 Å². The Balaban J connectivity index is 1.66. The molecule has 144 valence electrons. The van der Waals surface area contributed by atoms with Crippen molar-refractivity contribution in [3.05, 3.63) is 59.4 Å². The van der Waals surface area contributed by atoms with Gasteiger partial charge in [0.15, 0.2) is 0 Å². The van der Waals surface area contributed by atoms with Gasteiger partial charge in [0.25, 0.3) is 5.91 Å². The van der Waals surface area contributed by atoms with E-state index in [0.29, 0.717) is 12.3 Å². The first kappa shape index (κ1) is 19.5. The molecule has 6 nitrogen and oxygen atoms in total. The third-order valence-electron chi connectivity index (χ3n) is 4.40. The molecule has 0 spiro atoms. The van der Waals surface area contributed by atoms with Crippen molar-refractivity contribution in [1.82, 2.24) is 4.72 Å². The second-order valence-electron chi connectivity index (χ2n) is 6.42. The molecule has 2 N–H and O–H groups in total. The lowest BCUT2D eigenvalue weighted by molar-refractivity contribution is 0.102. The quantitative estimate of drug-likeness (QED) is 0.792. The average Bonchev–Trinajstić information content (AvgIpc) is 3.17. The molecule has 1 aliphatic heterocycles. The first-order valence-electron chi connectivity index (χ1n) is 8.64. The molecular weight excluding hydrogens is 371 g/mol. The predicted octanol–water partition coefficient (Wildman–Crippen LogP) is 2.84. The average molecular weight is 392 g/mol. The summed E-state index contributed by atoms with van der Waals surface area (Å²) in [5, 5.41) is 2.63. The first-order chi connectivity index (χ1) is 12.8. The number of hydrogen-bond acceptors (Lipinski definition) is 4. The molecule has 0 bridgehead atoms. The van der Waals surface area contributed by atoms with E-state index in [4.69, 9.17) is 4.74 Å². The normalized spacial score (nSPS) is 17.0. The van der Waals surface area contributed by atoms with Crippen LogP contribution in [0.25, 0.3) is 0 Å². The summed E-state index contributed by atoms with van der Waals surface area (Å²) in [6.07, 6.45) is 1.67. The summed E-state index contributed by atoms with van der Waals surface area (Å²) in [5.41, 5.74) is 1.37. The number of halogens is 1. The van der Waals surface area contributed by atoms with Crippen molar-refractivity contribution < 1.29 is 22.3 Å². The summed E-state index contributed by atoms with van der Waals surface area (Å²) < 4.78 is 45.9. The molecule has 0 radical (unpaired) electrons. The smallest absolute Gasteiger partial charge is 0.255 e. The van der Waals surface area contributed by atoms with Crippen molar-refractivity contribution in [2.75, 3.05) is 18.5 Å². The van der Waals surface area contributed by atoms with Gasteiger partial charge in [0.1, 0.15) is 5.82 Å². The molecule has 0 unspecified atom stereocenters. The Morgan fingerprint density at radius 3 is 2.63 bits per heavy atom. The van der Waals surface area contributed by atoms with Gasteiger partial charge in [0.05, 0.1) is 11.0 Å². The van der Waals surface area contributed by atoms with Crippen molar-refractivity contribution in [1.29, 1.82) is 0 Å². The van der Waals surface area contributed by atoms with Gasteiger partial charge >= 0.3 is 0 Å². The fourth-order valence-corrected chi connectivity index (χ4v) is 3.87. The number of aryl methyl sites for hydroxylation is 1. The van der Waals surface area contributed by atoms with Crippen LogP contribution >= 0.6 is 0 Å². The van der Waals surface area contributed by atoms with E-state index in [0.717, 1.165) is 18.4 Å². The molecule has 8 heteroatoms. The molecule has 1 atom stereocenters. The van der Waals surface area contributed by atoms with Gasteiger partial charge in [-0.05, 0) is 61.7 Å². The topological polar surface area (TPSA) is 84.5 Å². The van der Waals surface area contributed by atoms with E-state index in [9.17, 15) is 17.6 Å². The van der Waals surface area contributed by atoms with Crippen LogP contribution in [0.5, 0.6) is 0 Å². The highest BCUT2D eigenvalue weighted by Crippen LogP contribution is 2.18. The number of ether oxygens (including phenoxy) is 1. The minimum Gasteiger partial charge on any atom is -0.377 e. The van der Waals surface area contributed by atoms with Crippen LogP contribution in [0.3, 0.4) is 0 Å². The Morgan fingerprint density at radius 1 is 1.22 bits per heavy atom. The maximum Gasteiger partial charge on any atom is 0.255 e. The number of sulfonamides is 1. The van der Waals surface area contributed by atoms with E-state index in [1.54, 1.807) is 13.0 Å². The fourth-order valence-electron chi connectivity index (χ4n) is 2.80. The highest BCUT2D eigenvalue weighted by Gasteiger charge is 2.20. The van der Waals surface area contributed by atoms with Gasteiger partial charge in [0, 0.05) is 24.4 Å². The van der Waals surface area contributed by atoms with E-state index >= 15 is 0 Å². The van der Waals surface area contributed by atoms with Gasteiger partial charge < -0.3 is 10.1 Å². The highest BCUT2D eigenvalue weighted by molar-refractivity contribution is 7.89. The van der Waals surface area contributed by atoms with Crippen LogP contribution in [0.4, 0.5) is 10.1 Å². The predicted molar refractivity (Wildman–Crippen MR) is 99.7 cm³/mol. The lowest BCUT2D eigenvalue weighted by atomic mass is 10.1. The Morgan fingerprint density at radius 2 is 1.96 bits per heavy atom. The van der Waals surface area contributed by atoms with Crippen molar-refractivity contribution >= 4 is 21.6 Å². The molecular formula is C19H21FN2O4S. The largest absolute Gasteiger partial charge is 0.377 e. The molecule has 0 saturated carbocycles. The van der Waals surface area contributed by atoms with Crippen LogP contribution in [0, 0.1) is 12.7 Å². The minimum atomic E-state index is -3.67. The molecule has 1 amide bonds. The third-order valence-corrected chi connectivity index (χ3v) is 5.84. The minimum absolute atomic E-state index is 0.0685. The van der Waals surface area contributed by atoms with E-state index < -0.39 is 21.7 Å². The summed E-state index contributed by atoms with van der Waals surface area (Å²) >= 11 is 0. The Hall–Kier alpha value is -2.29. The molecule has 1 saturated heterocycles. The summed E-state index contributed by atoms with van der Waals surface area (Å²) in [5.74, 6) is -0.894. The summed E-state index contributed by atoms with van der Waals surface area (Å²) in [6.45, 7) is 2.63. The molecule has 1 heterocycles. The number of anilines is 1. The maximum atomic E-state index is 13.3. The number of carbonyl (C=O) groups is 1. The van der Waals surface area contributed by atoms with E-state index in [2.05, 4.69) is 10.0 Å². The van der Waals surface area contributed by atoms with E-state index in [-0.39, 0.29) is 23.1 Å². The van der Waals surface area contributed by atoms with Crippen LogP contribution in [-0.2, 0) is 14.8 Å². The Kier molecular flexibility index (Phi) is 5.88. The zero-order valence-electron chi connectivity index (χ0n) is 14.9. The van der Waals surface area contributed by atoms with Gasteiger partial charge in [-0.2, -0.15) is 0 Å². The fraction of sp³-hybridized carbons (Fsp3) is 0.316. The third kappa shape index (κ3) is 4.91. The maximum absolute atomic E-state index is 13.3. The number of nitrogens with one attached hydrogen (secondary N) is 2. The van der Waals surface area contributed by atoms with Crippen molar-refractivity contribution in [3.8, 4) is 0 Å². The highest BCUT2D eigenvalue weighted by atomic mass is 32.2. The van der Waals surface area contributed by atoms with Gasteiger partial charge in [-0.15, -0.1) is 0 Å². The lowest BCUT2D eigenvalue weighted by Crippen LogP contribution is -2.31. The zero-order valence-corrected chi connectivity index (χ0v) is 15.7. The van der Waals surface area contributed by atoms with Crippen molar-refractivity contribution in [2.24, 2.45) is 0 Å². The lowest BCUT2D eigenvalue weighted by Gasteiger charge is -2.12. The van der Waals surface area contributed by atoms with Crippen molar-refractivity contribution in [2.45, 2.75) is 30.8 Å². The second-order valence-corrected chi connectivity index (χ2v) is 8.19. The molecule has 3 rings (SSSR count). The molecule has 1 fully saturated rings. The van der Waals surface area contributed by atoms with E-state index in [1.807, 2.05) is 0 Å². The van der Waals surface area contributed by atoms with Gasteiger partial charge in [0.2, 0.25) is 10.0 Å². The van der Waals surface area contributed by atoms with Crippen molar-refractivity contribution in [3.63, 3.8) is 0 Å². The number of benzene rings is 2. The molecule has 2 aromatic rings. The number of rotatable bonds is 6. The first-order valence-corrected chi connectivity index (χ1v) is 10.1. The SMILES string of the molecule is Cc1ccc(F)cc1NC(=O)c1ccc(S(=O)(=O)NC[C@@H]2CCCO2)cc1. The van der Waals surface area contributed by atoms with Crippen LogP contribution < -0.4 is 10.0 Å². The van der Waals surface area contributed by atoms with Gasteiger partial charge in [-0.25, -0.2) is 17.5 Å². The number of carbonyl (C=O) groups excluding carboxylic acids is 1. The van der Waals surface area contributed by atoms with E-state index in [1.165, 1.54) is 36.4 Å². The van der Waals surface area contributed by atoms with Gasteiger partial charge in [-0.3, -0.25) is 4.79 Å². The van der Waals surface area contributed by atoms with Crippen LogP contribution in [0.2, 0.25) is 0 Å². The molecule has 1 aliphatic rings. The number of amides is 1. The van der Waals surface area contributed by atoms with Crippen LogP contribution in [0.15, 0.2) is 47.4 Å². The molecule has 0 aliphatic carbocycles. The number of hydrogen-bond donors (Lipinski definition) is 2. The standard InChI is InChI=1S/C19H21FN2O4S/c1-13-4-7-15(20)11-18(13)22-19(23)14-5-8-17(9-6-14)27(24,25)21-12-16-3-2-10-26-16/h4-9,11,16,21H,2-3,10,12H2,1H3,(H,22,23)/t16-/m0/s1.